The molecule has 0 aliphatic heterocycles. The summed E-state index contributed by atoms with van der Waals surface area (Å²) in [6.07, 6.45) is 0.962. The van der Waals surface area contributed by atoms with Gasteiger partial charge in [0.15, 0.2) is 0 Å². The van der Waals surface area contributed by atoms with E-state index in [9.17, 15) is 0 Å². The van der Waals surface area contributed by atoms with Gasteiger partial charge in [-0.2, -0.15) is 0 Å². The molecular formula is C17H13BrN2S. The molecule has 1 atom stereocenters. The van der Waals surface area contributed by atoms with Gasteiger partial charge in [0.25, 0.3) is 0 Å². The van der Waals surface area contributed by atoms with Crippen LogP contribution in [0.1, 0.15) is 27.1 Å². The van der Waals surface area contributed by atoms with Crippen LogP contribution in [0.3, 0.4) is 0 Å². The smallest absolute Gasteiger partial charge is 0.115 e. The average Bonchev–Trinajstić information content (AvgIpc) is 3.04. The third-order valence-corrected chi connectivity index (χ3v) is 5.44. The summed E-state index contributed by atoms with van der Waals surface area (Å²) in [5, 5.41) is 1.000. The van der Waals surface area contributed by atoms with Gasteiger partial charge in [-0.3, -0.25) is 0 Å². The van der Waals surface area contributed by atoms with Crippen LogP contribution in [0.4, 0.5) is 0 Å². The number of thiazole rings is 1. The SMILES string of the molecule is NC(c1ccccc1)c1nc2c(s1)Cc1cc(Br)ccc1-2. The van der Waals surface area contributed by atoms with E-state index < -0.39 is 0 Å². The molecule has 0 bridgehead atoms. The second-order valence-corrected chi connectivity index (χ2v) is 7.22. The molecule has 1 unspecified atom stereocenters. The summed E-state index contributed by atoms with van der Waals surface area (Å²) in [6.45, 7) is 0. The van der Waals surface area contributed by atoms with Gasteiger partial charge in [-0.1, -0.05) is 52.3 Å². The summed E-state index contributed by atoms with van der Waals surface area (Å²) in [7, 11) is 0. The Kier molecular flexibility index (Phi) is 3.17. The standard InChI is InChI=1S/C17H13BrN2S/c18-12-6-7-13-11(8-12)9-14-16(13)20-17(21-14)15(19)10-4-2-1-3-5-10/h1-8,15H,9,19H2. The zero-order chi connectivity index (χ0) is 14.4. The second kappa shape index (κ2) is 5.05. The summed E-state index contributed by atoms with van der Waals surface area (Å²) in [5.74, 6) is 0. The number of aromatic nitrogens is 1. The maximum absolute atomic E-state index is 6.36. The Balaban J connectivity index is 1.74. The van der Waals surface area contributed by atoms with E-state index in [2.05, 4.69) is 46.3 Å². The third-order valence-electron chi connectivity index (χ3n) is 3.81. The molecule has 104 valence electrons. The van der Waals surface area contributed by atoms with Crippen molar-refractivity contribution < 1.29 is 0 Å². The highest BCUT2D eigenvalue weighted by atomic mass is 79.9. The minimum atomic E-state index is -0.138. The Morgan fingerprint density at radius 3 is 2.76 bits per heavy atom. The quantitative estimate of drug-likeness (QED) is 0.573. The van der Waals surface area contributed by atoms with Crippen LogP contribution in [0.2, 0.25) is 0 Å². The Hall–Kier alpha value is -1.49. The van der Waals surface area contributed by atoms with Crippen molar-refractivity contribution in [1.29, 1.82) is 0 Å². The maximum Gasteiger partial charge on any atom is 0.115 e. The van der Waals surface area contributed by atoms with Gasteiger partial charge in [-0.25, -0.2) is 4.98 Å². The van der Waals surface area contributed by atoms with E-state index in [1.165, 1.54) is 16.0 Å². The molecule has 0 fully saturated rings. The molecule has 0 saturated heterocycles. The Labute approximate surface area is 135 Å². The van der Waals surface area contributed by atoms with Gasteiger partial charge in [0, 0.05) is 21.3 Å². The van der Waals surface area contributed by atoms with Gasteiger partial charge in [-0.15, -0.1) is 11.3 Å². The first kappa shape index (κ1) is 13.2. The van der Waals surface area contributed by atoms with Crippen molar-refractivity contribution in [3.63, 3.8) is 0 Å². The molecule has 2 aromatic carbocycles. The van der Waals surface area contributed by atoms with E-state index in [1.807, 2.05) is 18.2 Å². The fraction of sp³-hybridized carbons (Fsp3) is 0.118. The molecular weight excluding hydrogens is 344 g/mol. The normalized spacial score (nSPS) is 13.8. The molecule has 2 N–H and O–H groups in total. The van der Waals surface area contributed by atoms with Crippen molar-refractivity contribution >= 4 is 27.3 Å². The number of hydrogen-bond acceptors (Lipinski definition) is 3. The fourth-order valence-corrected chi connectivity index (χ4v) is 4.29. The summed E-state index contributed by atoms with van der Waals surface area (Å²) < 4.78 is 1.12. The van der Waals surface area contributed by atoms with Crippen molar-refractivity contribution in [2.75, 3.05) is 0 Å². The molecule has 2 nitrogen and oxygen atoms in total. The van der Waals surface area contributed by atoms with Crippen LogP contribution >= 0.6 is 27.3 Å². The summed E-state index contributed by atoms with van der Waals surface area (Å²) in [5.41, 5.74) is 11.2. The number of nitrogens with two attached hydrogens (primary N) is 1. The summed E-state index contributed by atoms with van der Waals surface area (Å²) in [4.78, 5) is 6.14. The van der Waals surface area contributed by atoms with Gasteiger partial charge in [0.05, 0.1) is 11.7 Å². The molecule has 4 heteroatoms. The van der Waals surface area contributed by atoms with Gasteiger partial charge >= 0.3 is 0 Å². The Morgan fingerprint density at radius 2 is 1.95 bits per heavy atom. The zero-order valence-corrected chi connectivity index (χ0v) is 13.6. The molecule has 21 heavy (non-hydrogen) atoms. The van der Waals surface area contributed by atoms with E-state index in [0.29, 0.717) is 0 Å². The minimum absolute atomic E-state index is 0.138. The number of hydrogen-bond donors (Lipinski definition) is 1. The fourth-order valence-electron chi connectivity index (χ4n) is 2.75. The molecule has 0 radical (unpaired) electrons. The lowest BCUT2D eigenvalue weighted by Gasteiger charge is -2.08. The van der Waals surface area contributed by atoms with Crippen molar-refractivity contribution in [2.45, 2.75) is 12.5 Å². The number of fused-ring (bicyclic) bond motifs is 3. The second-order valence-electron chi connectivity index (χ2n) is 5.19. The Morgan fingerprint density at radius 1 is 1.14 bits per heavy atom. The van der Waals surface area contributed by atoms with Crippen LogP contribution in [0.15, 0.2) is 53.0 Å². The van der Waals surface area contributed by atoms with E-state index in [0.717, 1.165) is 27.2 Å². The van der Waals surface area contributed by atoms with Crippen LogP contribution < -0.4 is 5.73 Å². The topological polar surface area (TPSA) is 38.9 Å². The van der Waals surface area contributed by atoms with Gasteiger partial charge in [0.1, 0.15) is 5.01 Å². The molecule has 1 aromatic heterocycles. The Bertz CT molecular complexity index is 811. The van der Waals surface area contributed by atoms with Crippen molar-refractivity contribution in [2.24, 2.45) is 5.73 Å². The molecule has 0 amide bonds. The number of halogens is 1. The van der Waals surface area contributed by atoms with Crippen LogP contribution in [-0.4, -0.2) is 4.98 Å². The highest BCUT2D eigenvalue weighted by Gasteiger charge is 2.25. The lowest BCUT2D eigenvalue weighted by Crippen LogP contribution is -2.11. The van der Waals surface area contributed by atoms with E-state index >= 15 is 0 Å². The van der Waals surface area contributed by atoms with Crippen LogP contribution in [0, 0.1) is 0 Å². The first-order chi connectivity index (χ1) is 10.2. The van der Waals surface area contributed by atoms with Crippen molar-refractivity contribution in [3.05, 3.63) is 74.0 Å². The van der Waals surface area contributed by atoms with Gasteiger partial charge in [0.2, 0.25) is 0 Å². The first-order valence-electron chi connectivity index (χ1n) is 6.81. The molecule has 3 aromatic rings. The van der Waals surface area contributed by atoms with Crippen molar-refractivity contribution in [1.82, 2.24) is 4.98 Å². The predicted octanol–water partition coefficient (Wildman–Crippen LogP) is 4.52. The van der Waals surface area contributed by atoms with Crippen LogP contribution in [-0.2, 0) is 6.42 Å². The van der Waals surface area contributed by atoms with E-state index in [4.69, 9.17) is 10.7 Å². The molecule has 1 aliphatic rings. The van der Waals surface area contributed by atoms with Crippen LogP contribution in [0.5, 0.6) is 0 Å². The van der Waals surface area contributed by atoms with Crippen LogP contribution in [0.25, 0.3) is 11.3 Å². The molecule has 1 heterocycles. The lowest BCUT2D eigenvalue weighted by molar-refractivity contribution is 0.859. The lowest BCUT2D eigenvalue weighted by atomic mass is 10.1. The number of rotatable bonds is 2. The molecule has 1 aliphatic carbocycles. The zero-order valence-electron chi connectivity index (χ0n) is 11.2. The monoisotopic (exact) mass is 356 g/mol. The summed E-state index contributed by atoms with van der Waals surface area (Å²) >= 11 is 5.27. The number of benzene rings is 2. The predicted molar refractivity (Wildman–Crippen MR) is 90.5 cm³/mol. The third kappa shape index (κ3) is 2.24. The average molecular weight is 357 g/mol. The van der Waals surface area contributed by atoms with E-state index in [-0.39, 0.29) is 6.04 Å². The first-order valence-corrected chi connectivity index (χ1v) is 8.42. The highest BCUT2D eigenvalue weighted by Crippen LogP contribution is 2.42. The largest absolute Gasteiger partial charge is 0.318 e. The molecule has 0 saturated carbocycles. The minimum Gasteiger partial charge on any atom is -0.318 e. The van der Waals surface area contributed by atoms with Crippen molar-refractivity contribution in [3.8, 4) is 11.3 Å². The molecule has 4 rings (SSSR count). The highest BCUT2D eigenvalue weighted by molar-refractivity contribution is 9.10. The van der Waals surface area contributed by atoms with Gasteiger partial charge < -0.3 is 5.73 Å². The summed E-state index contributed by atoms with van der Waals surface area (Å²) in [6, 6.07) is 16.4. The maximum atomic E-state index is 6.36. The van der Waals surface area contributed by atoms with E-state index in [1.54, 1.807) is 11.3 Å². The van der Waals surface area contributed by atoms with Gasteiger partial charge in [-0.05, 0) is 23.3 Å². The molecule has 0 spiro atoms. The number of nitrogens with zero attached hydrogens (tertiary/aromatic N) is 1.